The zero-order chi connectivity index (χ0) is 24.5. The minimum Gasteiger partial charge on any atom is -0.443 e. The van der Waals surface area contributed by atoms with E-state index in [9.17, 15) is 0 Å². The highest BCUT2D eigenvalue weighted by atomic mass is 32.1. The molecule has 3 heterocycles. The molecule has 0 aliphatic rings. The number of oxazole rings is 1. The molecule has 0 radical (unpaired) electrons. The summed E-state index contributed by atoms with van der Waals surface area (Å²) >= 11 is 1.83. The van der Waals surface area contributed by atoms with Gasteiger partial charge in [0.15, 0.2) is 17.7 Å². The van der Waals surface area contributed by atoms with Gasteiger partial charge < -0.3 is 8.98 Å². The molecular formula is C32H17N3OS. The van der Waals surface area contributed by atoms with E-state index in [1.165, 1.54) is 32.1 Å². The first kappa shape index (κ1) is 20.3. The first-order valence-electron chi connectivity index (χ1n) is 12.0. The summed E-state index contributed by atoms with van der Waals surface area (Å²) < 4.78 is 10.3. The highest BCUT2D eigenvalue weighted by Gasteiger charge is 2.15. The summed E-state index contributed by atoms with van der Waals surface area (Å²) in [4.78, 5) is 8.05. The summed E-state index contributed by atoms with van der Waals surface area (Å²) in [5, 5.41) is 4.77. The number of hydrogen-bond acceptors (Lipinski definition) is 3. The molecule has 8 rings (SSSR count). The van der Waals surface area contributed by atoms with Crippen molar-refractivity contribution in [1.82, 2.24) is 9.55 Å². The third kappa shape index (κ3) is 2.97. The Labute approximate surface area is 215 Å². The van der Waals surface area contributed by atoms with Crippen molar-refractivity contribution in [3.63, 3.8) is 0 Å². The average Bonchev–Trinajstić information content (AvgIpc) is 3.65. The molecule has 3 aromatic heterocycles. The number of nitrogens with zero attached hydrogens (tertiary/aromatic N) is 3. The largest absolute Gasteiger partial charge is 0.443 e. The van der Waals surface area contributed by atoms with Crippen molar-refractivity contribution in [2.24, 2.45) is 0 Å². The predicted octanol–water partition coefficient (Wildman–Crippen LogP) is 9.51. The molecule has 0 aliphatic carbocycles. The molecule has 0 spiro atoms. The topological polar surface area (TPSA) is 35.3 Å². The number of aromatic nitrogens is 2. The Morgan fingerprint density at radius 2 is 1.46 bits per heavy atom. The molecule has 0 atom stereocenters. The summed E-state index contributed by atoms with van der Waals surface area (Å²) in [7, 11) is 0. The van der Waals surface area contributed by atoms with Gasteiger partial charge in [-0.3, -0.25) is 0 Å². The first-order valence-corrected chi connectivity index (χ1v) is 12.8. The number of thiophene rings is 1. The average molecular weight is 492 g/mol. The van der Waals surface area contributed by atoms with E-state index in [2.05, 4.69) is 81.1 Å². The van der Waals surface area contributed by atoms with Crippen LogP contribution in [0.4, 0.5) is 5.69 Å². The molecule has 0 N–H and O–H groups in total. The van der Waals surface area contributed by atoms with Crippen molar-refractivity contribution in [2.75, 3.05) is 0 Å². The van der Waals surface area contributed by atoms with Gasteiger partial charge >= 0.3 is 0 Å². The fourth-order valence-corrected chi connectivity index (χ4v) is 6.52. The highest BCUT2D eigenvalue weighted by Crippen LogP contribution is 2.39. The van der Waals surface area contributed by atoms with Gasteiger partial charge in [-0.2, -0.15) is 0 Å². The highest BCUT2D eigenvalue weighted by molar-refractivity contribution is 7.25. The van der Waals surface area contributed by atoms with Crippen LogP contribution >= 0.6 is 11.3 Å². The van der Waals surface area contributed by atoms with E-state index in [4.69, 9.17) is 11.0 Å². The summed E-state index contributed by atoms with van der Waals surface area (Å²) in [5.41, 5.74) is 7.71. The van der Waals surface area contributed by atoms with Crippen LogP contribution in [-0.2, 0) is 0 Å². The van der Waals surface area contributed by atoms with Crippen LogP contribution in [0.25, 0.3) is 74.7 Å². The van der Waals surface area contributed by atoms with Crippen LogP contribution in [0.15, 0.2) is 108 Å². The second-order valence-corrected chi connectivity index (χ2v) is 10.3. The van der Waals surface area contributed by atoms with Crippen molar-refractivity contribution in [3.8, 4) is 16.8 Å². The molecule has 0 amide bonds. The third-order valence-electron chi connectivity index (χ3n) is 7.16. The van der Waals surface area contributed by atoms with Crippen LogP contribution < -0.4 is 0 Å². The Kier molecular flexibility index (Phi) is 4.13. The molecule has 8 aromatic rings. The summed E-state index contributed by atoms with van der Waals surface area (Å²) in [6, 6.07) is 33.9. The van der Waals surface area contributed by atoms with Gasteiger partial charge in [0, 0.05) is 31.2 Å². The molecule has 0 saturated carbocycles. The smallest absolute Gasteiger partial charge is 0.188 e. The summed E-state index contributed by atoms with van der Waals surface area (Å²) in [6.45, 7) is 7.58. The van der Waals surface area contributed by atoms with Crippen molar-refractivity contribution in [1.29, 1.82) is 0 Å². The lowest BCUT2D eigenvalue weighted by Gasteiger charge is -2.08. The Balaban J connectivity index is 1.39. The molecule has 4 nitrogen and oxygen atoms in total. The van der Waals surface area contributed by atoms with Gasteiger partial charge in [-0.05, 0) is 77.2 Å². The maximum atomic E-state index is 7.58. The minimum absolute atomic E-state index is 0.634. The summed E-state index contributed by atoms with van der Waals surface area (Å²) in [5.74, 6) is 0. The Bertz CT molecular complexity index is 2220. The van der Waals surface area contributed by atoms with Crippen LogP contribution in [0, 0.1) is 6.57 Å². The lowest BCUT2D eigenvalue weighted by atomic mass is 10.0. The maximum Gasteiger partial charge on any atom is 0.188 e. The quantitative estimate of drug-likeness (QED) is 0.226. The van der Waals surface area contributed by atoms with Crippen LogP contribution in [-0.4, -0.2) is 9.55 Å². The standard InChI is InChI=1S/C32H17N3OS/c1-33-21-8-11-29-25(16-21)24-14-19(20-7-13-32-26(15-20)23-4-2-3-5-31(23)37-32)6-10-28(24)35(29)22-9-12-30-27(17-22)34-18-36-30/h2-18H. The molecule has 5 heteroatoms. The van der Waals surface area contributed by atoms with Crippen LogP contribution in [0.2, 0.25) is 0 Å². The van der Waals surface area contributed by atoms with Gasteiger partial charge in [-0.15, -0.1) is 11.3 Å². The van der Waals surface area contributed by atoms with Crippen LogP contribution in [0.3, 0.4) is 0 Å². The second-order valence-electron chi connectivity index (χ2n) is 9.19. The molecular weight excluding hydrogens is 474 g/mol. The molecule has 172 valence electrons. The van der Waals surface area contributed by atoms with E-state index in [1.54, 1.807) is 0 Å². The van der Waals surface area contributed by atoms with Gasteiger partial charge in [-0.25, -0.2) is 9.83 Å². The third-order valence-corrected chi connectivity index (χ3v) is 8.31. The van der Waals surface area contributed by atoms with Crippen molar-refractivity contribution >= 4 is 70.1 Å². The van der Waals surface area contributed by atoms with Gasteiger partial charge in [-0.1, -0.05) is 36.4 Å². The number of fused-ring (bicyclic) bond motifs is 7. The van der Waals surface area contributed by atoms with E-state index < -0.39 is 0 Å². The molecule has 0 saturated heterocycles. The monoisotopic (exact) mass is 491 g/mol. The van der Waals surface area contributed by atoms with Crippen molar-refractivity contribution in [3.05, 3.63) is 115 Å². The first-order chi connectivity index (χ1) is 18.3. The lowest BCUT2D eigenvalue weighted by Crippen LogP contribution is -1.93. The molecule has 37 heavy (non-hydrogen) atoms. The van der Waals surface area contributed by atoms with Crippen LogP contribution in [0.1, 0.15) is 0 Å². The number of hydrogen-bond donors (Lipinski definition) is 0. The van der Waals surface area contributed by atoms with E-state index in [-0.39, 0.29) is 0 Å². The normalized spacial score (nSPS) is 11.8. The molecule has 5 aromatic carbocycles. The lowest BCUT2D eigenvalue weighted by molar-refractivity contribution is 0.602. The second kappa shape index (κ2) is 7.54. The Morgan fingerprint density at radius 1 is 0.703 bits per heavy atom. The Hall–Kier alpha value is -4.92. The van der Waals surface area contributed by atoms with Crippen molar-refractivity contribution in [2.45, 2.75) is 0 Å². The van der Waals surface area contributed by atoms with E-state index in [0.29, 0.717) is 5.69 Å². The fourth-order valence-electron chi connectivity index (χ4n) is 5.43. The fraction of sp³-hybridized carbons (Fsp3) is 0. The van der Waals surface area contributed by atoms with E-state index in [1.807, 2.05) is 41.7 Å². The van der Waals surface area contributed by atoms with Gasteiger partial charge in [0.05, 0.1) is 17.6 Å². The van der Waals surface area contributed by atoms with Crippen LogP contribution in [0.5, 0.6) is 0 Å². The SMILES string of the molecule is [C-]#[N+]c1ccc2c(c1)c1cc(-c3ccc4sc5ccccc5c4c3)ccc1n2-c1ccc2ocnc2c1. The zero-order valence-corrected chi connectivity index (χ0v) is 20.3. The predicted molar refractivity (Wildman–Crippen MR) is 153 cm³/mol. The molecule has 0 aliphatic heterocycles. The molecule has 0 bridgehead atoms. The van der Waals surface area contributed by atoms with Gasteiger partial charge in [0.2, 0.25) is 0 Å². The van der Waals surface area contributed by atoms with Gasteiger partial charge in [0.25, 0.3) is 0 Å². The van der Waals surface area contributed by atoms with Gasteiger partial charge in [0.1, 0.15) is 5.52 Å². The minimum atomic E-state index is 0.634. The molecule has 0 unspecified atom stereocenters. The van der Waals surface area contributed by atoms with E-state index >= 15 is 0 Å². The molecule has 0 fully saturated rings. The van der Waals surface area contributed by atoms with E-state index in [0.717, 1.165) is 44.2 Å². The Morgan fingerprint density at radius 3 is 2.35 bits per heavy atom. The maximum absolute atomic E-state index is 7.58. The summed E-state index contributed by atoms with van der Waals surface area (Å²) in [6.07, 6.45) is 1.47. The zero-order valence-electron chi connectivity index (χ0n) is 19.5. The number of rotatable bonds is 2. The van der Waals surface area contributed by atoms with Crippen molar-refractivity contribution < 1.29 is 4.42 Å². The number of benzene rings is 5.